The van der Waals surface area contributed by atoms with E-state index in [2.05, 4.69) is 153 Å². The lowest BCUT2D eigenvalue weighted by molar-refractivity contribution is 0.399. The summed E-state index contributed by atoms with van der Waals surface area (Å²) >= 11 is 0. The maximum absolute atomic E-state index is 2.65. The molecule has 48 heavy (non-hydrogen) atoms. The molecule has 0 atom stereocenters. The van der Waals surface area contributed by atoms with Crippen LogP contribution in [0, 0.1) is 13.8 Å². The van der Waals surface area contributed by atoms with Crippen LogP contribution in [-0.4, -0.2) is 0 Å². The molecule has 0 fully saturated rings. The van der Waals surface area contributed by atoms with E-state index in [9.17, 15) is 0 Å². The number of benzene rings is 4. The number of anilines is 3. The highest BCUT2D eigenvalue weighted by Gasteiger charge is 2.45. The highest BCUT2D eigenvalue weighted by Crippen LogP contribution is 2.59. The van der Waals surface area contributed by atoms with Crippen molar-refractivity contribution in [3.8, 4) is 11.1 Å². The molecule has 0 saturated heterocycles. The van der Waals surface area contributed by atoms with E-state index in [4.69, 9.17) is 0 Å². The van der Waals surface area contributed by atoms with Crippen LogP contribution in [0.25, 0.3) is 11.1 Å². The van der Waals surface area contributed by atoms with E-state index in [0.29, 0.717) is 0 Å². The van der Waals surface area contributed by atoms with Gasteiger partial charge in [0.05, 0.1) is 5.69 Å². The fraction of sp³-hybridized carbons (Fsp3) is 0.489. The first-order chi connectivity index (χ1) is 22.8. The predicted octanol–water partition coefficient (Wildman–Crippen LogP) is 14.6. The van der Waals surface area contributed by atoms with Crippen LogP contribution < -0.4 is 4.90 Å². The van der Waals surface area contributed by atoms with Crippen molar-refractivity contribution in [1.82, 2.24) is 0 Å². The average molecular weight is 642 g/mol. The van der Waals surface area contributed by atoms with Crippen LogP contribution >= 0.6 is 0 Å². The van der Waals surface area contributed by atoms with Gasteiger partial charge in [-0.1, -0.05) is 166 Å². The van der Waals surface area contributed by atoms with E-state index in [1.165, 1.54) is 115 Å². The van der Waals surface area contributed by atoms with Gasteiger partial charge in [0.15, 0.2) is 0 Å². The Morgan fingerprint density at radius 1 is 0.521 bits per heavy atom. The van der Waals surface area contributed by atoms with Gasteiger partial charge in [0.2, 0.25) is 0 Å². The summed E-state index contributed by atoms with van der Waals surface area (Å²) in [5.41, 5.74) is 15.4. The molecule has 0 amide bonds. The molecule has 0 N–H and O–H groups in total. The molecule has 0 bridgehead atoms. The van der Waals surface area contributed by atoms with Crippen molar-refractivity contribution in [2.24, 2.45) is 0 Å². The van der Waals surface area contributed by atoms with Gasteiger partial charge >= 0.3 is 0 Å². The number of aryl methyl sites for hydroxylation is 2. The highest BCUT2D eigenvalue weighted by atomic mass is 15.1. The summed E-state index contributed by atoms with van der Waals surface area (Å²) in [5.74, 6) is 0. The number of fused-ring (bicyclic) bond motifs is 3. The van der Waals surface area contributed by atoms with Crippen LogP contribution in [0.5, 0.6) is 0 Å². The van der Waals surface area contributed by atoms with Crippen LogP contribution in [0.3, 0.4) is 0 Å². The number of rotatable bonds is 13. The summed E-state index contributed by atoms with van der Waals surface area (Å²) < 4.78 is 0. The first-order valence-electron chi connectivity index (χ1n) is 19.1. The van der Waals surface area contributed by atoms with E-state index in [-0.39, 0.29) is 16.2 Å². The van der Waals surface area contributed by atoms with Gasteiger partial charge < -0.3 is 4.90 Å². The summed E-state index contributed by atoms with van der Waals surface area (Å²) in [5, 5.41) is 0. The molecular weight excluding hydrogens is 579 g/mol. The van der Waals surface area contributed by atoms with Crippen LogP contribution in [0.15, 0.2) is 78.9 Å². The van der Waals surface area contributed by atoms with Crippen molar-refractivity contribution in [2.45, 2.75) is 150 Å². The molecule has 4 aromatic rings. The largest absolute Gasteiger partial charge is 0.310 e. The standard InChI is InChI=1S/C47H63N/c1-11-13-15-17-29-47(30-18-16-14-12-2)41-31-36(45(5,6)7)23-28-40(41)44-42(47)32-37(46(8,9)10)33-43(44)48(38-24-19-34(3)20-25-38)39-26-21-35(4)22-27-39/h19-28,31-33H,11-18,29-30H2,1-10H3. The van der Waals surface area contributed by atoms with Crippen LogP contribution in [0.4, 0.5) is 17.1 Å². The molecule has 5 rings (SSSR count). The Morgan fingerprint density at radius 3 is 1.46 bits per heavy atom. The zero-order valence-electron chi connectivity index (χ0n) is 32.0. The summed E-state index contributed by atoms with van der Waals surface area (Å²) in [6.45, 7) is 23.4. The fourth-order valence-corrected chi connectivity index (χ4v) is 7.85. The molecule has 0 heterocycles. The summed E-state index contributed by atoms with van der Waals surface area (Å²) in [6, 6.07) is 31.0. The van der Waals surface area contributed by atoms with E-state index >= 15 is 0 Å². The minimum absolute atomic E-state index is 0.00957. The molecule has 0 radical (unpaired) electrons. The second kappa shape index (κ2) is 14.7. The molecule has 1 nitrogen and oxygen atoms in total. The molecule has 0 aliphatic heterocycles. The molecule has 0 saturated carbocycles. The molecule has 4 aromatic carbocycles. The highest BCUT2D eigenvalue weighted by molar-refractivity contribution is 5.96. The third kappa shape index (κ3) is 7.46. The zero-order valence-corrected chi connectivity index (χ0v) is 32.0. The van der Waals surface area contributed by atoms with Crippen molar-refractivity contribution in [3.05, 3.63) is 112 Å². The number of hydrogen-bond acceptors (Lipinski definition) is 1. The molecule has 0 aromatic heterocycles. The lowest BCUT2D eigenvalue weighted by Crippen LogP contribution is -2.27. The molecule has 256 valence electrons. The van der Waals surface area contributed by atoms with E-state index < -0.39 is 0 Å². The van der Waals surface area contributed by atoms with Crippen LogP contribution in [0.1, 0.15) is 153 Å². The molecule has 1 aliphatic carbocycles. The maximum atomic E-state index is 2.65. The first kappa shape index (κ1) is 36.0. The Bertz CT molecular complexity index is 1600. The fourth-order valence-electron chi connectivity index (χ4n) is 7.85. The molecule has 0 unspecified atom stereocenters. The topological polar surface area (TPSA) is 3.24 Å². The Balaban J connectivity index is 1.88. The summed E-state index contributed by atoms with van der Waals surface area (Å²) in [4.78, 5) is 2.55. The zero-order chi connectivity index (χ0) is 34.7. The van der Waals surface area contributed by atoms with Gasteiger partial charge in [-0.15, -0.1) is 0 Å². The normalized spacial score (nSPS) is 13.8. The van der Waals surface area contributed by atoms with E-state index in [1.807, 2.05) is 0 Å². The SMILES string of the molecule is CCCCCCC1(CCCCCC)c2cc(C(C)(C)C)ccc2-c2c(N(c3ccc(C)cc3)c3ccc(C)cc3)cc(C(C)(C)C)cc21. The van der Waals surface area contributed by atoms with Crippen LogP contribution in [-0.2, 0) is 16.2 Å². The Morgan fingerprint density at radius 2 is 1.00 bits per heavy atom. The lowest BCUT2D eigenvalue weighted by Gasteiger charge is -2.36. The molecule has 0 spiro atoms. The second-order valence-corrected chi connectivity index (χ2v) is 16.9. The molecule has 1 heteroatoms. The van der Waals surface area contributed by atoms with Crippen molar-refractivity contribution >= 4 is 17.1 Å². The average Bonchev–Trinajstić information content (AvgIpc) is 3.31. The number of hydrogen-bond donors (Lipinski definition) is 0. The van der Waals surface area contributed by atoms with Gasteiger partial charge in [-0.2, -0.15) is 0 Å². The van der Waals surface area contributed by atoms with Crippen LogP contribution in [0.2, 0.25) is 0 Å². The van der Waals surface area contributed by atoms with Crippen molar-refractivity contribution in [1.29, 1.82) is 0 Å². The second-order valence-electron chi connectivity index (χ2n) is 16.9. The van der Waals surface area contributed by atoms with Crippen molar-refractivity contribution in [3.63, 3.8) is 0 Å². The molecule has 1 aliphatic rings. The summed E-state index contributed by atoms with van der Waals surface area (Å²) in [7, 11) is 0. The third-order valence-corrected chi connectivity index (χ3v) is 10.9. The van der Waals surface area contributed by atoms with Gasteiger partial charge in [-0.3, -0.25) is 0 Å². The lowest BCUT2D eigenvalue weighted by atomic mass is 9.68. The summed E-state index contributed by atoms with van der Waals surface area (Å²) in [6.07, 6.45) is 12.8. The minimum atomic E-state index is 0.00957. The number of unbranched alkanes of at least 4 members (excludes halogenated alkanes) is 6. The third-order valence-electron chi connectivity index (χ3n) is 10.9. The Labute approximate surface area is 294 Å². The smallest absolute Gasteiger partial charge is 0.0546 e. The predicted molar refractivity (Wildman–Crippen MR) is 212 cm³/mol. The Kier molecular flexibility index (Phi) is 11.0. The van der Waals surface area contributed by atoms with Gasteiger partial charge in [-0.05, 0) is 95.7 Å². The minimum Gasteiger partial charge on any atom is -0.310 e. The van der Waals surface area contributed by atoms with Crippen molar-refractivity contribution in [2.75, 3.05) is 4.90 Å². The monoisotopic (exact) mass is 641 g/mol. The first-order valence-corrected chi connectivity index (χ1v) is 19.1. The quantitative estimate of drug-likeness (QED) is 0.131. The Hall–Kier alpha value is -3.32. The van der Waals surface area contributed by atoms with Gasteiger partial charge in [0.1, 0.15) is 0 Å². The maximum Gasteiger partial charge on any atom is 0.0546 e. The van der Waals surface area contributed by atoms with Gasteiger partial charge in [0.25, 0.3) is 0 Å². The van der Waals surface area contributed by atoms with Crippen molar-refractivity contribution < 1.29 is 0 Å². The van der Waals surface area contributed by atoms with Gasteiger partial charge in [0, 0.05) is 22.4 Å². The van der Waals surface area contributed by atoms with E-state index in [0.717, 1.165) is 0 Å². The number of nitrogens with zero attached hydrogens (tertiary/aromatic N) is 1. The van der Waals surface area contributed by atoms with Gasteiger partial charge in [-0.25, -0.2) is 0 Å². The molecular formula is C47H63N. The van der Waals surface area contributed by atoms with E-state index in [1.54, 1.807) is 11.1 Å².